The average molecular weight is 371 g/mol. The smallest absolute Gasteiger partial charge is 0.242 e. The van der Waals surface area contributed by atoms with Gasteiger partial charge >= 0.3 is 0 Å². The van der Waals surface area contributed by atoms with Crippen molar-refractivity contribution in [3.8, 4) is 11.4 Å². The summed E-state index contributed by atoms with van der Waals surface area (Å²) in [5.41, 5.74) is 4.36. The molecule has 0 fully saturated rings. The van der Waals surface area contributed by atoms with Gasteiger partial charge in [0.25, 0.3) is 0 Å². The molecule has 0 amide bonds. The van der Waals surface area contributed by atoms with Crippen molar-refractivity contribution in [2.24, 2.45) is 0 Å². The Labute approximate surface area is 153 Å². The minimum Gasteiger partial charge on any atom is -0.338 e. The van der Waals surface area contributed by atoms with Gasteiger partial charge in [0.1, 0.15) is 0 Å². The molecule has 0 saturated carbocycles. The van der Waals surface area contributed by atoms with Crippen LogP contribution in [0.15, 0.2) is 45.8 Å². The van der Waals surface area contributed by atoms with Crippen molar-refractivity contribution in [1.29, 1.82) is 0 Å². The lowest BCUT2D eigenvalue weighted by Crippen LogP contribution is -2.25. The van der Waals surface area contributed by atoms with Crippen LogP contribution >= 0.6 is 0 Å². The highest BCUT2D eigenvalue weighted by atomic mass is 32.2. The molecule has 1 aromatic heterocycles. The molecule has 0 atom stereocenters. The van der Waals surface area contributed by atoms with Crippen LogP contribution in [0, 0.1) is 27.7 Å². The molecular formula is C19H21N3O3S. The van der Waals surface area contributed by atoms with E-state index in [-0.39, 0.29) is 12.4 Å². The molecule has 0 unspecified atom stereocenters. The molecule has 6 nitrogen and oxygen atoms in total. The molecule has 2 aromatic carbocycles. The first kappa shape index (κ1) is 18.3. The van der Waals surface area contributed by atoms with Gasteiger partial charge in [0.2, 0.25) is 21.7 Å². The predicted octanol–water partition coefficient (Wildman–Crippen LogP) is 3.45. The zero-order valence-electron chi connectivity index (χ0n) is 15.2. The van der Waals surface area contributed by atoms with E-state index in [0.29, 0.717) is 21.8 Å². The number of sulfonamides is 1. The first-order valence-corrected chi connectivity index (χ1v) is 9.72. The molecule has 0 aliphatic carbocycles. The Kier molecular flexibility index (Phi) is 4.93. The standard InChI is InChI=1S/C19H21N3O3S/c1-12-6-5-7-16(10-12)19-21-17(25-22-19)11-20-26(23,24)18-14(3)8-13(2)9-15(18)4/h5-10,20H,11H2,1-4H3. The average Bonchev–Trinajstić information content (AvgIpc) is 3.01. The van der Waals surface area contributed by atoms with E-state index >= 15 is 0 Å². The molecule has 3 rings (SSSR count). The van der Waals surface area contributed by atoms with Crippen LogP contribution in [0.25, 0.3) is 11.4 Å². The van der Waals surface area contributed by atoms with Gasteiger partial charge in [-0.15, -0.1) is 0 Å². The van der Waals surface area contributed by atoms with Crippen LogP contribution in [-0.2, 0) is 16.6 Å². The fourth-order valence-corrected chi connectivity index (χ4v) is 4.47. The molecule has 1 N–H and O–H groups in total. The molecule has 1 heterocycles. The summed E-state index contributed by atoms with van der Waals surface area (Å²) in [6, 6.07) is 11.4. The number of benzene rings is 2. The third kappa shape index (κ3) is 3.84. The Morgan fingerprint density at radius 3 is 2.35 bits per heavy atom. The lowest BCUT2D eigenvalue weighted by molar-refractivity contribution is 0.376. The summed E-state index contributed by atoms with van der Waals surface area (Å²) >= 11 is 0. The third-order valence-electron chi connectivity index (χ3n) is 4.03. The second-order valence-electron chi connectivity index (χ2n) is 6.43. The molecule has 7 heteroatoms. The summed E-state index contributed by atoms with van der Waals surface area (Å²) in [7, 11) is -3.68. The maximum absolute atomic E-state index is 12.7. The van der Waals surface area contributed by atoms with Gasteiger partial charge in [0.05, 0.1) is 11.4 Å². The van der Waals surface area contributed by atoms with E-state index in [4.69, 9.17) is 4.52 Å². The van der Waals surface area contributed by atoms with Crippen molar-refractivity contribution in [2.45, 2.75) is 39.1 Å². The molecular weight excluding hydrogens is 350 g/mol. The Bertz CT molecular complexity index is 1030. The number of hydrogen-bond donors (Lipinski definition) is 1. The quantitative estimate of drug-likeness (QED) is 0.742. The fourth-order valence-electron chi connectivity index (χ4n) is 3.05. The lowest BCUT2D eigenvalue weighted by atomic mass is 10.1. The summed E-state index contributed by atoms with van der Waals surface area (Å²) < 4.78 is 33.1. The zero-order valence-corrected chi connectivity index (χ0v) is 16.0. The van der Waals surface area contributed by atoms with Crippen LogP contribution in [0.5, 0.6) is 0 Å². The molecule has 0 saturated heterocycles. The van der Waals surface area contributed by atoms with E-state index < -0.39 is 10.0 Å². The second-order valence-corrected chi connectivity index (χ2v) is 8.14. The molecule has 0 aliphatic heterocycles. The molecule has 0 spiro atoms. The Hall–Kier alpha value is -2.51. The van der Waals surface area contributed by atoms with Crippen molar-refractivity contribution in [2.75, 3.05) is 0 Å². The normalized spacial score (nSPS) is 11.7. The topological polar surface area (TPSA) is 85.1 Å². The maximum Gasteiger partial charge on any atom is 0.242 e. The first-order chi connectivity index (χ1) is 12.3. The van der Waals surface area contributed by atoms with Crippen molar-refractivity contribution >= 4 is 10.0 Å². The van der Waals surface area contributed by atoms with Gasteiger partial charge in [0.15, 0.2) is 0 Å². The highest BCUT2D eigenvalue weighted by molar-refractivity contribution is 7.89. The number of nitrogens with zero attached hydrogens (tertiary/aromatic N) is 2. The number of nitrogens with one attached hydrogen (secondary N) is 1. The molecule has 136 valence electrons. The fraction of sp³-hybridized carbons (Fsp3) is 0.263. The second kappa shape index (κ2) is 7.01. The van der Waals surface area contributed by atoms with Crippen LogP contribution in [0.2, 0.25) is 0 Å². The number of hydrogen-bond acceptors (Lipinski definition) is 5. The summed E-state index contributed by atoms with van der Waals surface area (Å²) in [6.07, 6.45) is 0. The van der Waals surface area contributed by atoms with E-state index in [2.05, 4.69) is 14.9 Å². The number of aromatic nitrogens is 2. The van der Waals surface area contributed by atoms with Gasteiger partial charge in [-0.3, -0.25) is 0 Å². The minimum absolute atomic E-state index is 0.0616. The van der Waals surface area contributed by atoms with Gasteiger partial charge in [-0.25, -0.2) is 13.1 Å². The Morgan fingerprint density at radius 1 is 1.00 bits per heavy atom. The van der Waals surface area contributed by atoms with E-state index in [9.17, 15) is 8.42 Å². The van der Waals surface area contributed by atoms with E-state index in [0.717, 1.165) is 16.7 Å². The highest BCUT2D eigenvalue weighted by Crippen LogP contribution is 2.22. The van der Waals surface area contributed by atoms with Crippen molar-refractivity contribution < 1.29 is 12.9 Å². The lowest BCUT2D eigenvalue weighted by Gasteiger charge is -2.12. The number of aryl methyl sites for hydroxylation is 4. The van der Waals surface area contributed by atoms with Crippen LogP contribution in [0.4, 0.5) is 0 Å². The molecule has 0 radical (unpaired) electrons. The minimum atomic E-state index is -3.68. The largest absolute Gasteiger partial charge is 0.338 e. The summed E-state index contributed by atoms with van der Waals surface area (Å²) in [4.78, 5) is 4.57. The molecule has 3 aromatic rings. The monoisotopic (exact) mass is 371 g/mol. The highest BCUT2D eigenvalue weighted by Gasteiger charge is 2.21. The molecule has 0 bridgehead atoms. The zero-order chi connectivity index (χ0) is 18.9. The Morgan fingerprint density at radius 2 is 1.69 bits per heavy atom. The van der Waals surface area contributed by atoms with Crippen molar-refractivity contribution in [3.05, 3.63) is 64.5 Å². The summed E-state index contributed by atoms with van der Waals surface area (Å²) in [5.74, 6) is 0.651. The van der Waals surface area contributed by atoms with Gasteiger partial charge in [-0.1, -0.05) is 46.6 Å². The van der Waals surface area contributed by atoms with Crippen molar-refractivity contribution in [1.82, 2.24) is 14.9 Å². The van der Waals surface area contributed by atoms with E-state index in [1.54, 1.807) is 13.8 Å². The van der Waals surface area contributed by atoms with Crippen LogP contribution in [-0.4, -0.2) is 18.6 Å². The summed E-state index contributed by atoms with van der Waals surface area (Å²) in [5, 5.41) is 3.93. The van der Waals surface area contributed by atoms with E-state index in [1.807, 2.05) is 50.2 Å². The van der Waals surface area contributed by atoms with Gasteiger partial charge < -0.3 is 4.52 Å². The third-order valence-corrected chi connectivity index (χ3v) is 5.74. The summed E-state index contributed by atoms with van der Waals surface area (Å²) in [6.45, 7) is 7.43. The van der Waals surface area contributed by atoms with Gasteiger partial charge in [0, 0.05) is 5.56 Å². The van der Waals surface area contributed by atoms with Crippen LogP contribution < -0.4 is 4.72 Å². The first-order valence-electron chi connectivity index (χ1n) is 8.23. The van der Waals surface area contributed by atoms with Gasteiger partial charge in [-0.2, -0.15) is 4.98 Å². The van der Waals surface area contributed by atoms with Crippen molar-refractivity contribution in [3.63, 3.8) is 0 Å². The van der Waals surface area contributed by atoms with Gasteiger partial charge in [-0.05, 0) is 44.9 Å². The van der Waals surface area contributed by atoms with Crippen LogP contribution in [0.1, 0.15) is 28.1 Å². The SMILES string of the molecule is Cc1cccc(-c2noc(CNS(=O)(=O)c3c(C)cc(C)cc3C)n2)c1. The number of rotatable bonds is 5. The molecule has 0 aliphatic rings. The van der Waals surface area contributed by atoms with E-state index in [1.165, 1.54) is 0 Å². The maximum atomic E-state index is 12.7. The molecule has 26 heavy (non-hydrogen) atoms. The van der Waals surface area contributed by atoms with Crippen LogP contribution in [0.3, 0.4) is 0 Å². The predicted molar refractivity (Wildman–Crippen MR) is 99.1 cm³/mol. The Balaban J connectivity index is 1.79.